The van der Waals surface area contributed by atoms with Gasteiger partial charge in [0.05, 0.1) is 25.3 Å². The molecular formula is C19H27N3O3. The summed E-state index contributed by atoms with van der Waals surface area (Å²) in [6.45, 7) is 7.14. The highest BCUT2D eigenvalue weighted by Crippen LogP contribution is 2.21. The van der Waals surface area contributed by atoms with Gasteiger partial charge >= 0.3 is 0 Å². The van der Waals surface area contributed by atoms with Gasteiger partial charge in [0.1, 0.15) is 18.8 Å². The number of nitriles is 1. The first-order valence-electron chi connectivity index (χ1n) is 8.92. The largest absolute Gasteiger partial charge is 0.492 e. The quantitative estimate of drug-likeness (QED) is 0.743. The standard InChI is InChI=1S/C19H27N3O3/c1-2-3-18(21-19(23)8-9-20)16-4-6-17(7-5-16)25-15-12-22-10-13-24-14-11-22/h4-7,18H,2-3,8,10-15H2,1H3,(H,21,23). The lowest BCUT2D eigenvalue weighted by Gasteiger charge is -2.26. The molecule has 0 bridgehead atoms. The average Bonchev–Trinajstić information content (AvgIpc) is 2.63. The van der Waals surface area contributed by atoms with E-state index in [1.54, 1.807) is 0 Å². The van der Waals surface area contributed by atoms with E-state index in [4.69, 9.17) is 14.7 Å². The van der Waals surface area contributed by atoms with Gasteiger partial charge in [-0.3, -0.25) is 9.69 Å². The summed E-state index contributed by atoms with van der Waals surface area (Å²) in [5.74, 6) is 0.599. The van der Waals surface area contributed by atoms with Gasteiger partial charge in [-0.25, -0.2) is 0 Å². The predicted octanol–water partition coefficient (Wildman–Crippen LogP) is 2.27. The number of nitrogens with zero attached hydrogens (tertiary/aromatic N) is 2. The van der Waals surface area contributed by atoms with Crippen LogP contribution in [-0.4, -0.2) is 50.3 Å². The van der Waals surface area contributed by atoms with Crippen molar-refractivity contribution < 1.29 is 14.3 Å². The van der Waals surface area contributed by atoms with Crippen molar-refractivity contribution in [1.82, 2.24) is 10.2 Å². The van der Waals surface area contributed by atoms with Gasteiger partial charge < -0.3 is 14.8 Å². The molecule has 1 amide bonds. The fraction of sp³-hybridized carbons (Fsp3) is 0.579. The maximum atomic E-state index is 11.7. The Hall–Kier alpha value is -2.10. The van der Waals surface area contributed by atoms with Gasteiger partial charge in [-0.15, -0.1) is 0 Å². The molecule has 1 aromatic rings. The van der Waals surface area contributed by atoms with E-state index in [9.17, 15) is 4.79 Å². The molecule has 1 saturated heterocycles. The summed E-state index contributed by atoms with van der Waals surface area (Å²) in [5, 5.41) is 11.5. The van der Waals surface area contributed by atoms with Gasteiger partial charge in [-0.1, -0.05) is 25.5 Å². The topological polar surface area (TPSA) is 74.6 Å². The van der Waals surface area contributed by atoms with Crippen LogP contribution in [-0.2, 0) is 9.53 Å². The number of carbonyl (C=O) groups excluding carboxylic acids is 1. The van der Waals surface area contributed by atoms with Gasteiger partial charge in [-0.05, 0) is 24.1 Å². The molecule has 1 heterocycles. The maximum Gasteiger partial charge on any atom is 0.234 e. The normalized spacial score (nSPS) is 16.0. The third-order valence-corrected chi connectivity index (χ3v) is 4.21. The van der Waals surface area contributed by atoms with Gasteiger partial charge in [0.25, 0.3) is 0 Å². The molecule has 1 atom stereocenters. The van der Waals surface area contributed by atoms with E-state index in [0.29, 0.717) is 6.61 Å². The highest BCUT2D eigenvalue weighted by Gasteiger charge is 2.14. The van der Waals surface area contributed by atoms with Crippen LogP contribution in [0.25, 0.3) is 0 Å². The molecule has 0 spiro atoms. The zero-order valence-electron chi connectivity index (χ0n) is 14.9. The minimum atomic E-state index is -0.230. The van der Waals surface area contributed by atoms with Crippen molar-refractivity contribution in [3.63, 3.8) is 0 Å². The summed E-state index contributed by atoms with van der Waals surface area (Å²) in [7, 11) is 0. The Bertz CT molecular complexity index is 562. The number of rotatable bonds is 9. The van der Waals surface area contributed by atoms with Crippen LogP contribution in [0.5, 0.6) is 5.75 Å². The van der Waals surface area contributed by atoms with Gasteiger partial charge in [-0.2, -0.15) is 5.26 Å². The smallest absolute Gasteiger partial charge is 0.234 e. The molecule has 1 aromatic carbocycles. The molecule has 1 unspecified atom stereocenters. The zero-order chi connectivity index (χ0) is 17.9. The third kappa shape index (κ3) is 6.73. The Kier molecular flexibility index (Phi) is 8.23. The third-order valence-electron chi connectivity index (χ3n) is 4.21. The summed E-state index contributed by atoms with van der Waals surface area (Å²) in [6.07, 6.45) is 1.69. The zero-order valence-corrected chi connectivity index (χ0v) is 14.9. The van der Waals surface area contributed by atoms with Crippen LogP contribution in [0.3, 0.4) is 0 Å². The highest BCUT2D eigenvalue weighted by molar-refractivity contribution is 5.78. The molecule has 2 rings (SSSR count). The molecule has 1 aliphatic heterocycles. The van der Waals surface area contributed by atoms with Crippen molar-refractivity contribution in [1.29, 1.82) is 5.26 Å². The van der Waals surface area contributed by atoms with E-state index >= 15 is 0 Å². The van der Waals surface area contributed by atoms with Crippen LogP contribution >= 0.6 is 0 Å². The van der Waals surface area contributed by atoms with Crippen molar-refractivity contribution in [2.45, 2.75) is 32.2 Å². The lowest BCUT2D eigenvalue weighted by molar-refractivity contribution is -0.120. The Balaban J connectivity index is 1.83. The lowest BCUT2D eigenvalue weighted by Crippen LogP contribution is -2.38. The molecule has 1 aliphatic rings. The molecule has 1 fully saturated rings. The van der Waals surface area contributed by atoms with E-state index in [0.717, 1.165) is 57.0 Å². The summed E-state index contributed by atoms with van der Waals surface area (Å²) < 4.78 is 11.1. The Morgan fingerprint density at radius 2 is 2.08 bits per heavy atom. The number of amides is 1. The van der Waals surface area contributed by atoms with Crippen LogP contribution < -0.4 is 10.1 Å². The molecule has 25 heavy (non-hydrogen) atoms. The molecule has 0 radical (unpaired) electrons. The number of nitrogens with one attached hydrogen (secondary N) is 1. The van der Waals surface area contributed by atoms with Gasteiger partial charge in [0, 0.05) is 19.6 Å². The first-order chi connectivity index (χ1) is 12.2. The van der Waals surface area contributed by atoms with Crippen molar-refractivity contribution in [2.75, 3.05) is 39.5 Å². The minimum absolute atomic E-state index is 0.0618. The van der Waals surface area contributed by atoms with Crippen LogP contribution in [0, 0.1) is 11.3 Å². The van der Waals surface area contributed by atoms with Gasteiger partial charge in [0.15, 0.2) is 0 Å². The summed E-state index contributed by atoms with van der Waals surface area (Å²) >= 11 is 0. The van der Waals surface area contributed by atoms with Crippen molar-refractivity contribution in [2.24, 2.45) is 0 Å². The van der Waals surface area contributed by atoms with Crippen molar-refractivity contribution in [3.05, 3.63) is 29.8 Å². The first kappa shape index (κ1) is 19.2. The Morgan fingerprint density at radius 3 is 2.72 bits per heavy atom. The van der Waals surface area contributed by atoms with Crippen LogP contribution in [0.1, 0.15) is 37.8 Å². The van der Waals surface area contributed by atoms with E-state index < -0.39 is 0 Å². The second-order valence-corrected chi connectivity index (χ2v) is 6.12. The average molecular weight is 345 g/mol. The number of hydrogen-bond acceptors (Lipinski definition) is 5. The molecular weight excluding hydrogens is 318 g/mol. The fourth-order valence-electron chi connectivity index (χ4n) is 2.84. The minimum Gasteiger partial charge on any atom is -0.492 e. The van der Waals surface area contributed by atoms with E-state index in [1.807, 2.05) is 30.3 Å². The molecule has 0 saturated carbocycles. The van der Waals surface area contributed by atoms with E-state index in [1.165, 1.54) is 0 Å². The molecule has 0 aromatic heterocycles. The first-order valence-corrected chi connectivity index (χ1v) is 8.92. The number of ether oxygens (including phenoxy) is 2. The fourth-order valence-corrected chi connectivity index (χ4v) is 2.84. The van der Waals surface area contributed by atoms with E-state index in [2.05, 4.69) is 17.1 Å². The number of morpholine rings is 1. The van der Waals surface area contributed by atoms with Gasteiger partial charge in [0.2, 0.25) is 5.91 Å². The van der Waals surface area contributed by atoms with Crippen molar-refractivity contribution in [3.8, 4) is 11.8 Å². The Morgan fingerprint density at radius 1 is 1.36 bits per heavy atom. The SMILES string of the molecule is CCCC(NC(=O)CC#N)c1ccc(OCCN2CCOCC2)cc1. The van der Waals surface area contributed by atoms with Crippen LogP contribution in [0.15, 0.2) is 24.3 Å². The Labute approximate surface area is 149 Å². The predicted molar refractivity (Wildman–Crippen MR) is 95.2 cm³/mol. The molecule has 6 heteroatoms. The molecule has 136 valence electrons. The van der Waals surface area contributed by atoms with Crippen LogP contribution in [0.2, 0.25) is 0 Å². The summed E-state index contributed by atoms with van der Waals surface area (Å²) in [5.41, 5.74) is 1.04. The number of hydrogen-bond donors (Lipinski definition) is 1. The molecule has 0 aliphatic carbocycles. The summed E-state index contributed by atoms with van der Waals surface area (Å²) in [4.78, 5) is 14.0. The second kappa shape index (κ2) is 10.7. The molecule has 1 N–H and O–H groups in total. The second-order valence-electron chi connectivity index (χ2n) is 6.12. The van der Waals surface area contributed by atoms with Crippen LogP contribution in [0.4, 0.5) is 0 Å². The van der Waals surface area contributed by atoms with E-state index in [-0.39, 0.29) is 18.4 Å². The van der Waals surface area contributed by atoms with Crippen molar-refractivity contribution >= 4 is 5.91 Å². The lowest BCUT2D eigenvalue weighted by atomic mass is 10.0. The number of benzene rings is 1. The number of carbonyl (C=O) groups is 1. The highest BCUT2D eigenvalue weighted by atomic mass is 16.5. The monoisotopic (exact) mass is 345 g/mol. The summed E-state index contributed by atoms with van der Waals surface area (Å²) in [6, 6.07) is 9.66. The maximum absolute atomic E-state index is 11.7. The molecule has 6 nitrogen and oxygen atoms in total.